The van der Waals surface area contributed by atoms with Crippen LogP contribution in [0.15, 0.2) is 27.6 Å². The Morgan fingerprint density at radius 3 is 2.47 bits per heavy atom. The molecule has 5 nitrogen and oxygen atoms in total. The minimum atomic E-state index is -3.58. The molecule has 0 aliphatic carbocycles. The topological polar surface area (TPSA) is 81.4 Å². The van der Waals surface area contributed by atoms with Gasteiger partial charge in [-0.15, -0.1) is 0 Å². The third-order valence-corrected chi connectivity index (χ3v) is 4.91. The first-order valence-corrected chi connectivity index (χ1v) is 8.15. The van der Waals surface area contributed by atoms with Crippen LogP contribution in [0.25, 0.3) is 0 Å². The summed E-state index contributed by atoms with van der Waals surface area (Å²) >= 11 is 3.27. The monoisotopic (exact) mass is 350 g/mol. The minimum absolute atomic E-state index is 0.126. The van der Waals surface area contributed by atoms with Gasteiger partial charge in [-0.1, -0.05) is 13.8 Å². The molecule has 1 atom stereocenters. The molecule has 0 fully saturated rings. The van der Waals surface area contributed by atoms with E-state index in [1.54, 1.807) is 6.07 Å². The highest BCUT2D eigenvalue weighted by atomic mass is 79.9. The maximum Gasteiger partial charge on any atom is 0.240 e. The van der Waals surface area contributed by atoms with Crippen LogP contribution in [-0.4, -0.2) is 28.1 Å². The van der Waals surface area contributed by atoms with Gasteiger partial charge in [0.2, 0.25) is 10.0 Å². The molecule has 1 unspecified atom stereocenters. The molecule has 19 heavy (non-hydrogen) atoms. The molecule has 1 rings (SSSR count). The zero-order valence-corrected chi connectivity index (χ0v) is 13.6. The van der Waals surface area contributed by atoms with Gasteiger partial charge in [0.05, 0.1) is 16.5 Å². The maximum absolute atomic E-state index is 12.2. The van der Waals surface area contributed by atoms with Gasteiger partial charge in [0, 0.05) is 12.6 Å². The first kappa shape index (κ1) is 16.4. The SMILES string of the molecule is COc1ccc(S(=O)(=O)NC(CN)C(C)C)cc1Br. The van der Waals surface area contributed by atoms with Crippen LogP contribution in [0.1, 0.15) is 13.8 Å². The second-order valence-corrected chi connectivity index (χ2v) is 7.07. The van der Waals surface area contributed by atoms with Gasteiger partial charge in [0.1, 0.15) is 5.75 Å². The standard InChI is InChI=1S/C12H19BrN2O3S/c1-8(2)11(7-14)15-19(16,17)9-4-5-12(18-3)10(13)6-9/h4-6,8,11,15H,7,14H2,1-3H3. The van der Waals surface area contributed by atoms with Crippen molar-refractivity contribution in [3.05, 3.63) is 22.7 Å². The molecule has 3 N–H and O–H groups in total. The van der Waals surface area contributed by atoms with Gasteiger partial charge in [0.15, 0.2) is 0 Å². The Labute approximate surface area is 122 Å². The molecule has 0 heterocycles. The third-order valence-electron chi connectivity index (χ3n) is 2.80. The molecule has 1 aromatic carbocycles. The van der Waals surface area contributed by atoms with Crippen LogP contribution in [0.3, 0.4) is 0 Å². The van der Waals surface area contributed by atoms with Crippen LogP contribution in [-0.2, 0) is 10.0 Å². The van der Waals surface area contributed by atoms with E-state index >= 15 is 0 Å². The molecule has 0 aliphatic heterocycles. The molecule has 0 saturated heterocycles. The minimum Gasteiger partial charge on any atom is -0.496 e. The molecule has 0 radical (unpaired) electrons. The van der Waals surface area contributed by atoms with Crippen molar-refractivity contribution in [3.8, 4) is 5.75 Å². The van der Waals surface area contributed by atoms with Crippen molar-refractivity contribution in [2.75, 3.05) is 13.7 Å². The first-order valence-electron chi connectivity index (χ1n) is 5.87. The van der Waals surface area contributed by atoms with E-state index in [1.807, 2.05) is 13.8 Å². The quantitative estimate of drug-likeness (QED) is 0.818. The van der Waals surface area contributed by atoms with Crippen molar-refractivity contribution in [1.29, 1.82) is 0 Å². The summed E-state index contributed by atoms with van der Waals surface area (Å²) in [4.78, 5) is 0.180. The van der Waals surface area contributed by atoms with Gasteiger partial charge in [-0.2, -0.15) is 0 Å². The fourth-order valence-electron chi connectivity index (χ4n) is 1.54. The van der Waals surface area contributed by atoms with Crippen molar-refractivity contribution in [2.45, 2.75) is 24.8 Å². The van der Waals surface area contributed by atoms with Gasteiger partial charge >= 0.3 is 0 Å². The molecule has 0 spiro atoms. The number of benzene rings is 1. The normalized spacial score (nSPS) is 13.6. The molecule has 0 saturated carbocycles. The number of hydrogen-bond acceptors (Lipinski definition) is 4. The predicted molar refractivity (Wildman–Crippen MR) is 78.7 cm³/mol. The van der Waals surface area contributed by atoms with Crippen LogP contribution in [0.4, 0.5) is 0 Å². The predicted octanol–water partition coefficient (Wildman–Crippen LogP) is 1.72. The smallest absolute Gasteiger partial charge is 0.240 e. The zero-order chi connectivity index (χ0) is 14.6. The van der Waals surface area contributed by atoms with Crippen LogP contribution in [0, 0.1) is 5.92 Å². The van der Waals surface area contributed by atoms with E-state index in [9.17, 15) is 8.42 Å². The Morgan fingerprint density at radius 2 is 2.05 bits per heavy atom. The number of rotatable bonds is 6. The number of halogens is 1. The summed E-state index contributed by atoms with van der Waals surface area (Å²) in [5.74, 6) is 0.708. The summed E-state index contributed by atoms with van der Waals surface area (Å²) in [6.45, 7) is 4.10. The van der Waals surface area contributed by atoms with E-state index in [4.69, 9.17) is 10.5 Å². The molecular formula is C12H19BrN2O3S. The summed E-state index contributed by atoms with van der Waals surface area (Å²) in [5.41, 5.74) is 5.58. The van der Waals surface area contributed by atoms with Crippen molar-refractivity contribution >= 4 is 26.0 Å². The Bertz CT molecular complexity index is 532. The highest BCUT2D eigenvalue weighted by molar-refractivity contribution is 9.10. The summed E-state index contributed by atoms with van der Waals surface area (Å²) in [6, 6.07) is 4.33. The molecule has 108 valence electrons. The summed E-state index contributed by atoms with van der Waals surface area (Å²) in [6.07, 6.45) is 0. The van der Waals surface area contributed by atoms with Crippen molar-refractivity contribution in [2.24, 2.45) is 11.7 Å². The van der Waals surface area contributed by atoms with Gasteiger partial charge in [0.25, 0.3) is 0 Å². The largest absolute Gasteiger partial charge is 0.496 e. The average Bonchev–Trinajstić information content (AvgIpc) is 2.35. The van der Waals surface area contributed by atoms with Crippen molar-refractivity contribution < 1.29 is 13.2 Å². The molecule has 0 amide bonds. The lowest BCUT2D eigenvalue weighted by Crippen LogP contribution is -2.43. The lowest BCUT2D eigenvalue weighted by Gasteiger charge is -2.20. The summed E-state index contributed by atoms with van der Waals surface area (Å²) in [7, 11) is -2.06. The second-order valence-electron chi connectivity index (χ2n) is 4.50. The van der Waals surface area contributed by atoms with E-state index in [0.29, 0.717) is 10.2 Å². The van der Waals surface area contributed by atoms with E-state index in [-0.39, 0.29) is 23.4 Å². The van der Waals surface area contributed by atoms with E-state index in [1.165, 1.54) is 19.2 Å². The van der Waals surface area contributed by atoms with Crippen LogP contribution >= 0.6 is 15.9 Å². The first-order chi connectivity index (χ1) is 8.81. The van der Waals surface area contributed by atoms with Crippen LogP contribution in [0.2, 0.25) is 0 Å². The number of nitrogens with two attached hydrogens (primary N) is 1. The van der Waals surface area contributed by atoms with Crippen LogP contribution < -0.4 is 15.2 Å². The van der Waals surface area contributed by atoms with Crippen LogP contribution in [0.5, 0.6) is 5.75 Å². The second kappa shape index (κ2) is 6.69. The molecule has 1 aromatic rings. The van der Waals surface area contributed by atoms with Gasteiger partial charge < -0.3 is 10.5 Å². The number of ether oxygens (including phenoxy) is 1. The Morgan fingerprint density at radius 1 is 1.42 bits per heavy atom. The fourth-order valence-corrected chi connectivity index (χ4v) is 3.65. The summed E-state index contributed by atoms with van der Waals surface area (Å²) in [5, 5.41) is 0. The molecular weight excluding hydrogens is 332 g/mol. The summed E-state index contributed by atoms with van der Waals surface area (Å²) < 4.78 is 32.7. The Hall–Kier alpha value is -0.630. The van der Waals surface area contributed by atoms with E-state index in [0.717, 1.165) is 0 Å². The van der Waals surface area contributed by atoms with Gasteiger partial charge in [-0.05, 0) is 40.0 Å². The van der Waals surface area contributed by atoms with Crippen molar-refractivity contribution in [1.82, 2.24) is 4.72 Å². The molecule has 0 aliphatic rings. The highest BCUT2D eigenvalue weighted by Gasteiger charge is 2.22. The van der Waals surface area contributed by atoms with E-state index in [2.05, 4.69) is 20.7 Å². The Balaban J connectivity index is 3.03. The van der Waals surface area contributed by atoms with Gasteiger partial charge in [-0.3, -0.25) is 0 Å². The number of hydrogen-bond donors (Lipinski definition) is 2. The highest BCUT2D eigenvalue weighted by Crippen LogP contribution is 2.27. The maximum atomic E-state index is 12.2. The molecule has 0 aromatic heterocycles. The average molecular weight is 351 g/mol. The van der Waals surface area contributed by atoms with E-state index < -0.39 is 10.0 Å². The number of sulfonamides is 1. The zero-order valence-electron chi connectivity index (χ0n) is 11.2. The number of methoxy groups -OCH3 is 1. The Kier molecular flexibility index (Phi) is 5.79. The lowest BCUT2D eigenvalue weighted by atomic mass is 10.1. The number of nitrogens with one attached hydrogen (secondary N) is 1. The third kappa shape index (κ3) is 4.17. The van der Waals surface area contributed by atoms with Crippen molar-refractivity contribution in [3.63, 3.8) is 0 Å². The lowest BCUT2D eigenvalue weighted by molar-refractivity contribution is 0.411. The molecule has 7 heteroatoms. The molecule has 0 bridgehead atoms. The van der Waals surface area contributed by atoms with Gasteiger partial charge in [-0.25, -0.2) is 13.1 Å². The fraction of sp³-hybridized carbons (Fsp3) is 0.500.